The van der Waals surface area contributed by atoms with Gasteiger partial charge in [-0.2, -0.15) is 0 Å². The molecule has 0 saturated heterocycles. The first-order valence-electron chi connectivity index (χ1n) is 7.67. The summed E-state index contributed by atoms with van der Waals surface area (Å²) in [6, 6.07) is 2.11. The predicted octanol–water partition coefficient (Wildman–Crippen LogP) is 2.25. The molecule has 3 N–H and O–H groups in total. The van der Waals surface area contributed by atoms with Gasteiger partial charge in [0.2, 0.25) is 10.0 Å². The van der Waals surface area contributed by atoms with Crippen molar-refractivity contribution in [2.45, 2.75) is 43.0 Å². The first-order valence-corrected chi connectivity index (χ1v) is 9.97. The molecule has 1 aromatic rings. The van der Waals surface area contributed by atoms with Crippen LogP contribution in [0.4, 0.5) is 0 Å². The van der Waals surface area contributed by atoms with E-state index in [4.69, 9.17) is 33.1 Å². The van der Waals surface area contributed by atoms with Gasteiger partial charge in [-0.3, -0.25) is 4.79 Å². The third-order valence-corrected chi connectivity index (χ3v) is 5.54. The molecule has 1 aliphatic carbocycles. The largest absolute Gasteiger partial charge is 0.452 e. The van der Waals surface area contributed by atoms with Crippen LogP contribution in [0.25, 0.3) is 0 Å². The molecule has 1 amide bonds. The van der Waals surface area contributed by atoms with Crippen LogP contribution in [-0.4, -0.2) is 32.9 Å². The number of rotatable bonds is 5. The van der Waals surface area contributed by atoms with E-state index in [1.165, 1.54) is 0 Å². The zero-order valence-electron chi connectivity index (χ0n) is 13.3. The number of hydrogen-bond acceptors (Lipinski definition) is 5. The van der Waals surface area contributed by atoms with Gasteiger partial charge in [-0.15, -0.1) is 0 Å². The van der Waals surface area contributed by atoms with E-state index in [-0.39, 0.29) is 21.7 Å². The highest BCUT2D eigenvalue weighted by atomic mass is 35.5. The number of sulfonamides is 1. The van der Waals surface area contributed by atoms with E-state index in [0.717, 1.165) is 44.2 Å². The third kappa shape index (κ3) is 5.57. The Kier molecular flexibility index (Phi) is 6.67. The minimum Gasteiger partial charge on any atom is -0.452 e. The number of nitrogens with one attached hydrogen (secondary N) is 1. The molecule has 7 nitrogen and oxygen atoms in total. The van der Waals surface area contributed by atoms with Gasteiger partial charge < -0.3 is 10.1 Å². The normalized spacial score (nSPS) is 15.6. The van der Waals surface area contributed by atoms with Crippen molar-refractivity contribution in [3.05, 3.63) is 27.7 Å². The van der Waals surface area contributed by atoms with Crippen molar-refractivity contribution in [2.75, 3.05) is 6.61 Å². The fourth-order valence-corrected chi connectivity index (χ4v) is 4.02. The first-order chi connectivity index (χ1) is 11.7. The van der Waals surface area contributed by atoms with Crippen LogP contribution < -0.4 is 10.5 Å². The van der Waals surface area contributed by atoms with Crippen molar-refractivity contribution in [3.63, 3.8) is 0 Å². The molecule has 1 aromatic carbocycles. The molecule has 1 aliphatic rings. The van der Waals surface area contributed by atoms with Gasteiger partial charge >= 0.3 is 5.97 Å². The number of carbonyl (C=O) groups is 2. The second kappa shape index (κ2) is 8.35. The van der Waals surface area contributed by atoms with Crippen LogP contribution in [-0.2, 0) is 19.6 Å². The fourth-order valence-electron chi connectivity index (χ4n) is 2.63. The Morgan fingerprint density at radius 1 is 1.16 bits per heavy atom. The van der Waals surface area contributed by atoms with Crippen molar-refractivity contribution in [1.29, 1.82) is 0 Å². The molecule has 0 spiro atoms. The van der Waals surface area contributed by atoms with Gasteiger partial charge in [0.05, 0.1) is 15.6 Å². The van der Waals surface area contributed by atoms with Crippen LogP contribution in [0.1, 0.15) is 42.5 Å². The molecule has 0 aliphatic heterocycles. The Bertz CT molecular complexity index is 776. The summed E-state index contributed by atoms with van der Waals surface area (Å²) in [5.41, 5.74) is -0.236. The zero-order chi connectivity index (χ0) is 18.6. The van der Waals surface area contributed by atoms with Crippen LogP contribution in [0, 0.1) is 0 Å². The maximum absolute atomic E-state index is 12.1. The Balaban J connectivity index is 2.01. The van der Waals surface area contributed by atoms with E-state index < -0.39 is 33.4 Å². The van der Waals surface area contributed by atoms with Crippen LogP contribution in [0.3, 0.4) is 0 Å². The van der Waals surface area contributed by atoms with Crippen LogP contribution in [0.15, 0.2) is 17.0 Å². The average Bonchev–Trinajstić information content (AvgIpc) is 2.52. The number of benzene rings is 1. The van der Waals surface area contributed by atoms with Crippen LogP contribution in [0.2, 0.25) is 10.0 Å². The molecule has 10 heteroatoms. The number of carbonyl (C=O) groups excluding carboxylic acids is 2. The second-order valence-corrected chi connectivity index (χ2v) is 8.13. The lowest BCUT2D eigenvalue weighted by atomic mass is 9.95. The number of hydrogen-bond donors (Lipinski definition) is 2. The summed E-state index contributed by atoms with van der Waals surface area (Å²) in [6.45, 7) is -0.487. The smallest absolute Gasteiger partial charge is 0.340 e. The topological polar surface area (TPSA) is 116 Å². The Morgan fingerprint density at radius 2 is 1.80 bits per heavy atom. The van der Waals surface area contributed by atoms with Gasteiger partial charge in [0.15, 0.2) is 6.61 Å². The number of halogens is 2. The summed E-state index contributed by atoms with van der Waals surface area (Å²) in [4.78, 5) is 23.5. The summed E-state index contributed by atoms with van der Waals surface area (Å²) < 4.78 is 27.8. The molecule has 0 atom stereocenters. The first kappa shape index (κ1) is 20.0. The summed E-state index contributed by atoms with van der Waals surface area (Å²) >= 11 is 11.7. The average molecular weight is 409 g/mol. The van der Waals surface area contributed by atoms with Crippen LogP contribution >= 0.6 is 23.2 Å². The number of amides is 1. The predicted molar refractivity (Wildman–Crippen MR) is 93.1 cm³/mol. The van der Waals surface area contributed by atoms with E-state index in [0.29, 0.717) is 0 Å². The monoisotopic (exact) mass is 408 g/mol. The van der Waals surface area contributed by atoms with Crippen molar-refractivity contribution in [1.82, 2.24) is 5.32 Å². The highest BCUT2D eigenvalue weighted by molar-refractivity contribution is 7.89. The second-order valence-electron chi connectivity index (χ2n) is 5.79. The number of ether oxygens (including phenoxy) is 1. The Labute approximate surface area is 155 Å². The van der Waals surface area contributed by atoms with Gasteiger partial charge in [0.25, 0.3) is 5.91 Å². The highest BCUT2D eigenvalue weighted by Gasteiger charge is 2.22. The van der Waals surface area contributed by atoms with Gasteiger partial charge in [0.1, 0.15) is 4.90 Å². The van der Waals surface area contributed by atoms with E-state index in [2.05, 4.69) is 5.32 Å². The number of esters is 1. The molecule has 0 bridgehead atoms. The SMILES string of the molecule is NS(=O)(=O)c1cc(C(=O)OCC(=O)NC2CCCCC2)c(Cl)cc1Cl. The molecule has 25 heavy (non-hydrogen) atoms. The minimum absolute atomic E-state index is 0.0908. The quantitative estimate of drug-likeness (QED) is 0.724. The van der Waals surface area contributed by atoms with Gasteiger partial charge in [-0.05, 0) is 25.0 Å². The highest BCUT2D eigenvalue weighted by Crippen LogP contribution is 2.28. The molecule has 138 valence electrons. The maximum Gasteiger partial charge on any atom is 0.340 e. The fraction of sp³-hybridized carbons (Fsp3) is 0.467. The summed E-state index contributed by atoms with van der Waals surface area (Å²) in [5, 5.41) is 7.52. The summed E-state index contributed by atoms with van der Waals surface area (Å²) in [5.74, 6) is -1.36. The maximum atomic E-state index is 12.1. The van der Waals surface area contributed by atoms with Gasteiger partial charge in [-0.1, -0.05) is 42.5 Å². The minimum atomic E-state index is -4.13. The molecule has 0 heterocycles. The zero-order valence-corrected chi connectivity index (χ0v) is 15.6. The molecule has 1 saturated carbocycles. The van der Waals surface area contributed by atoms with E-state index in [9.17, 15) is 18.0 Å². The van der Waals surface area contributed by atoms with Gasteiger partial charge in [0, 0.05) is 6.04 Å². The molecule has 0 radical (unpaired) electrons. The van der Waals surface area contributed by atoms with Crippen molar-refractivity contribution in [3.8, 4) is 0 Å². The van der Waals surface area contributed by atoms with Crippen molar-refractivity contribution >= 4 is 45.1 Å². The van der Waals surface area contributed by atoms with Crippen molar-refractivity contribution < 1.29 is 22.7 Å². The molecular formula is C15H18Cl2N2O5S. The molecule has 0 aromatic heterocycles. The third-order valence-electron chi connectivity index (χ3n) is 3.85. The molecule has 1 fully saturated rings. The molecule has 2 rings (SSSR count). The van der Waals surface area contributed by atoms with Crippen LogP contribution in [0.5, 0.6) is 0 Å². The van der Waals surface area contributed by atoms with E-state index >= 15 is 0 Å². The lowest BCUT2D eigenvalue weighted by Gasteiger charge is -2.22. The molecular weight excluding hydrogens is 391 g/mol. The standard InChI is InChI=1S/C15H18Cl2N2O5S/c16-11-7-12(17)13(25(18,22)23)6-10(11)15(21)24-8-14(20)19-9-4-2-1-3-5-9/h6-7,9H,1-5,8H2,(H,19,20)(H2,18,22,23). The molecule has 0 unspecified atom stereocenters. The van der Waals surface area contributed by atoms with E-state index in [1.54, 1.807) is 0 Å². The summed E-state index contributed by atoms with van der Waals surface area (Å²) in [6.07, 6.45) is 5.08. The Hall–Kier alpha value is -1.35. The van der Waals surface area contributed by atoms with E-state index in [1.807, 2.05) is 0 Å². The van der Waals surface area contributed by atoms with Gasteiger partial charge in [-0.25, -0.2) is 18.4 Å². The number of primary sulfonamides is 1. The van der Waals surface area contributed by atoms with Crippen molar-refractivity contribution in [2.24, 2.45) is 5.14 Å². The number of nitrogens with two attached hydrogens (primary N) is 1. The lowest BCUT2D eigenvalue weighted by Crippen LogP contribution is -2.38. The Morgan fingerprint density at radius 3 is 2.40 bits per heavy atom. The lowest BCUT2D eigenvalue weighted by molar-refractivity contribution is -0.125. The summed E-state index contributed by atoms with van der Waals surface area (Å²) in [7, 11) is -4.13.